The zero-order chi connectivity index (χ0) is 31.7. The van der Waals surface area contributed by atoms with Crippen LogP contribution in [0.1, 0.15) is 60.9 Å². The number of alkyl halides is 4. The second-order valence-corrected chi connectivity index (χ2v) is 10.5. The fourth-order valence-corrected chi connectivity index (χ4v) is 4.28. The van der Waals surface area contributed by atoms with Gasteiger partial charge in [0.1, 0.15) is 30.5 Å². The van der Waals surface area contributed by atoms with Crippen LogP contribution in [0.25, 0.3) is 10.9 Å². The van der Waals surface area contributed by atoms with Crippen LogP contribution in [0.3, 0.4) is 0 Å². The molecule has 4 aromatic rings. The van der Waals surface area contributed by atoms with Gasteiger partial charge >= 0.3 is 6.18 Å². The highest BCUT2D eigenvalue weighted by Gasteiger charge is 2.47. The second-order valence-electron chi connectivity index (χ2n) is 10.5. The molecule has 0 radical (unpaired) electrons. The number of fused-ring (bicyclic) bond motifs is 1. The van der Waals surface area contributed by atoms with Crippen molar-refractivity contribution in [2.45, 2.75) is 46.0 Å². The lowest BCUT2D eigenvalue weighted by Gasteiger charge is -2.28. The van der Waals surface area contributed by atoms with Gasteiger partial charge in [-0.15, -0.1) is 5.10 Å². The number of benzene rings is 1. The highest BCUT2D eigenvalue weighted by atomic mass is 19.4. The van der Waals surface area contributed by atoms with E-state index >= 15 is 4.39 Å². The van der Waals surface area contributed by atoms with E-state index in [0.29, 0.717) is 0 Å². The second kappa shape index (κ2) is 11.8. The molecule has 0 aliphatic heterocycles. The van der Waals surface area contributed by atoms with Crippen LogP contribution < -0.4 is 10.6 Å². The largest absolute Gasteiger partial charge is 0.395 e. The van der Waals surface area contributed by atoms with Crippen LogP contribution >= 0.6 is 0 Å². The van der Waals surface area contributed by atoms with Crippen molar-refractivity contribution >= 4 is 22.3 Å². The molecule has 0 amide bonds. The molecule has 0 aliphatic carbocycles. The highest BCUT2D eigenvalue weighted by molar-refractivity contribution is 5.99. The average molecular weight is 602 g/mol. The molecule has 0 saturated heterocycles. The summed E-state index contributed by atoms with van der Waals surface area (Å²) in [5, 5.41) is 33.1. The van der Waals surface area contributed by atoms with E-state index in [1.54, 1.807) is 0 Å². The first-order valence-electron chi connectivity index (χ1n) is 12.9. The lowest BCUT2D eigenvalue weighted by atomic mass is 9.92. The normalized spacial score (nSPS) is 13.3. The van der Waals surface area contributed by atoms with Gasteiger partial charge in [-0.05, 0) is 45.9 Å². The molecular formula is C28H25F6N9. The Hall–Kier alpha value is -4.92. The first kappa shape index (κ1) is 31.0. The van der Waals surface area contributed by atoms with E-state index < -0.39 is 48.8 Å². The Bertz CT molecular complexity index is 1750. The highest BCUT2D eigenvalue weighted by Crippen LogP contribution is 2.39. The minimum Gasteiger partial charge on any atom is -0.382 e. The van der Waals surface area contributed by atoms with Gasteiger partial charge in [0.15, 0.2) is 0 Å². The SMILES string of the molecule is Cc1nc(F)ccc1C(Nc1cc(C#N)c2ncc(C#N)c(NCC(C)(C)C(F)(F)F)c2c1)c1nnn(C(C)CF)c1F. The number of halogens is 6. The smallest absolute Gasteiger partial charge is 0.382 e. The molecule has 0 bridgehead atoms. The van der Waals surface area contributed by atoms with Crippen molar-refractivity contribution in [1.82, 2.24) is 25.0 Å². The Labute approximate surface area is 242 Å². The molecule has 0 spiro atoms. The summed E-state index contributed by atoms with van der Waals surface area (Å²) in [6.07, 6.45) is -3.41. The van der Waals surface area contributed by atoms with Crippen molar-refractivity contribution in [1.29, 1.82) is 10.5 Å². The summed E-state index contributed by atoms with van der Waals surface area (Å²) < 4.78 is 84.2. The fourth-order valence-electron chi connectivity index (χ4n) is 4.28. The van der Waals surface area contributed by atoms with Crippen molar-refractivity contribution < 1.29 is 26.3 Å². The lowest BCUT2D eigenvalue weighted by molar-refractivity contribution is -0.206. The number of aryl methyl sites for hydroxylation is 1. The molecule has 3 aromatic heterocycles. The number of nitriles is 2. The molecule has 224 valence electrons. The van der Waals surface area contributed by atoms with Crippen LogP contribution in [-0.2, 0) is 0 Å². The Kier molecular flexibility index (Phi) is 8.48. The molecule has 2 unspecified atom stereocenters. The molecule has 15 heteroatoms. The number of rotatable bonds is 9. The summed E-state index contributed by atoms with van der Waals surface area (Å²) in [5.74, 6) is -1.77. The van der Waals surface area contributed by atoms with Gasteiger partial charge in [-0.2, -0.15) is 32.5 Å². The molecule has 0 fully saturated rings. The number of aromatic nitrogens is 5. The predicted octanol–water partition coefficient (Wildman–Crippen LogP) is 6.28. The van der Waals surface area contributed by atoms with Crippen molar-refractivity contribution in [2.24, 2.45) is 5.41 Å². The van der Waals surface area contributed by atoms with Crippen molar-refractivity contribution in [3.05, 3.63) is 70.4 Å². The molecule has 3 heterocycles. The van der Waals surface area contributed by atoms with E-state index in [2.05, 4.69) is 30.9 Å². The molecule has 2 atom stereocenters. The van der Waals surface area contributed by atoms with Gasteiger partial charge in [-0.1, -0.05) is 11.3 Å². The first-order chi connectivity index (χ1) is 20.2. The van der Waals surface area contributed by atoms with E-state index in [9.17, 15) is 32.5 Å². The van der Waals surface area contributed by atoms with E-state index in [1.807, 2.05) is 12.1 Å². The first-order valence-corrected chi connectivity index (χ1v) is 12.9. The Morgan fingerprint density at radius 2 is 1.77 bits per heavy atom. The molecule has 9 nitrogen and oxygen atoms in total. The molecule has 1 aromatic carbocycles. The van der Waals surface area contributed by atoms with Crippen LogP contribution in [0.2, 0.25) is 0 Å². The zero-order valence-electron chi connectivity index (χ0n) is 23.4. The fraction of sp³-hybridized carbons (Fsp3) is 0.357. The average Bonchev–Trinajstić information content (AvgIpc) is 3.34. The summed E-state index contributed by atoms with van der Waals surface area (Å²) in [6, 6.07) is 6.91. The van der Waals surface area contributed by atoms with Crippen LogP contribution in [0.15, 0.2) is 30.5 Å². The standard InChI is InChI=1S/C28H25F6N9/c1-14(9-29)43-26(31)25(41-42-43)24(19-5-6-21(30)39-15(19)2)40-18-7-16(10-35)22-20(8-18)23(17(11-36)12-37-22)38-13-27(3,4)28(32,33)34/h5-8,12,14,24,40H,9,13H2,1-4H3,(H,37,38). The van der Waals surface area contributed by atoms with Crippen molar-refractivity contribution in [3.63, 3.8) is 0 Å². The molecule has 0 saturated carbocycles. The monoisotopic (exact) mass is 601 g/mol. The van der Waals surface area contributed by atoms with Crippen LogP contribution in [0.4, 0.5) is 37.7 Å². The number of nitrogens with one attached hydrogen (secondary N) is 2. The van der Waals surface area contributed by atoms with Crippen LogP contribution in [-0.4, -0.2) is 44.4 Å². The number of pyridine rings is 2. The number of nitrogens with zero attached hydrogens (tertiary/aromatic N) is 7. The summed E-state index contributed by atoms with van der Waals surface area (Å²) in [5.41, 5.74) is -1.85. The third-order valence-corrected chi connectivity index (χ3v) is 6.98. The number of hydrogen-bond acceptors (Lipinski definition) is 8. The van der Waals surface area contributed by atoms with Crippen LogP contribution in [0, 0.1) is 46.9 Å². The van der Waals surface area contributed by atoms with E-state index in [-0.39, 0.29) is 50.4 Å². The van der Waals surface area contributed by atoms with Gasteiger partial charge in [0.2, 0.25) is 11.9 Å². The minimum atomic E-state index is -4.56. The Balaban J connectivity index is 1.89. The van der Waals surface area contributed by atoms with Crippen molar-refractivity contribution in [3.8, 4) is 12.1 Å². The summed E-state index contributed by atoms with van der Waals surface area (Å²) in [7, 11) is 0. The third-order valence-electron chi connectivity index (χ3n) is 6.98. The van der Waals surface area contributed by atoms with Crippen molar-refractivity contribution in [2.75, 3.05) is 23.9 Å². The van der Waals surface area contributed by atoms with Gasteiger partial charge in [0.05, 0.1) is 33.8 Å². The Morgan fingerprint density at radius 1 is 1.07 bits per heavy atom. The van der Waals surface area contributed by atoms with E-state index in [1.165, 1.54) is 32.0 Å². The lowest BCUT2D eigenvalue weighted by Crippen LogP contribution is -2.38. The molecule has 2 N–H and O–H groups in total. The number of anilines is 2. The van der Waals surface area contributed by atoms with Crippen LogP contribution in [0.5, 0.6) is 0 Å². The topological polar surface area (TPSA) is 128 Å². The summed E-state index contributed by atoms with van der Waals surface area (Å²) >= 11 is 0. The maximum atomic E-state index is 15.5. The minimum absolute atomic E-state index is 0.00879. The molecule has 43 heavy (non-hydrogen) atoms. The van der Waals surface area contributed by atoms with Gasteiger partial charge in [0.25, 0.3) is 0 Å². The summed E-state index contributed by atoms with van der Waals surface area (Å²) in [6.45, 7) is 3.34. The molecular weight excluding hydrogens is 576 g/mol. The zero-order valence-corrected chi connectivity index (χ0v) is 23.4. The predicted molar refractivity (Wildman–Crippen MR) is 145 cm³/mol. The van der Waals surface area contributed by atoms with Gasteiger partial charge in [-0.3, -0.25) is 4.98 Å². The van der Waals surface area contributed by atoms with E-state index in [0.717, 1.165) is 30.8 Å². The quantitative estimate of drug-likeness (QED) is 0.169. The molecule has 0 aliphatic rings. The van der Waals surface area contributed by atoms with E-state index in [4.69, 9.17) is 0 Å². The maximum Gasteiger partial charge on any atom is 0.395 e. The summed E-state index contributed by atoms with van der Waals surface area (Å²) in [4.78, 5) is 7.97. The molecule has 4 rings (SSSR count). The maximum absolute atomic E-state index is 15.5. The van der Waals surface area contributed by atoms with Gasteiger partial charge < -0.3 is 10.6 Å². The van der Waals surface area contributed by atoms with Gasteiger partial charge in [-0.25, -0.2) is 14.1 Å². The Morgan fingerprint density at radius 3 is 2.37 bits per heavy atom. The third kappa shape index (κ3) is 6.02. The number of hydrogen-bond donors (Lipinski definition) is 2. The van der Waals surface area contributed by atoms with Gasteiger partial charge in [0, 0.05) is 35.1 Å².